The van der Waals surface area contributed by atoms with Gasteiger partial charge in [-0.05, 0) is 11.1 Å². The second-order valence-electron chi connectivity index (χ2n) is 5.00. The molecule has 1 aromatic carbocycles. The van der Waals surface area contributed by atoms with Crippen LogP contribution in [0.5, 0.6) is 0 Å². The molecule has 0 radical (unpaired) electrons. The van der Waals surface area contributed by atoms with E-state index in [0.29, 0.717) is 13.1 Å². The van der Waals surface area contributed by atoms with Crippen molar-refractivity contribution in [3.63, 3.8) is 0 Å². The van der Waals surface area contributed by atoms with Crippen LogP contribution >= 0.6 is 0 Å². The van der Waals surface area contributed by atoms with E-state index in [-0.39, 0.29) is 11.8 Å². The molecule has 20 heavy (non-hydrogen) atoms. The summed E-state index contributed by atoms with van der Waals surface area (Å²) in [4.78, 5) is 19.3. The van der Waals surface area contributed by atoms with Gasteiger partial charge in [-0.15, -0.1) is 0 Å². The Labute approximate surface area is 117 Å². The van der Waals surface area contributed by atoms with Gasteiger partial charge in [0.25, 0.3) is 0 Å². The molecular formula is C15H18N4O. The van der Waals surface area contributed by atoms with Gasteiger partial charge >= 0.3 is 0 Å². The summed E-state index contributed by atoms with van der Waals surface area (Å²) < 4.78 is 0. The van der Waals surface area contributed by atoms with E-state index in [1.54, 1.807) is 12.5 Å². The number of aromatic nitrogens is 2. The first-order chi connectivity index (χ1) is 9.84. The number of aromatic amines is 1. The topological polar surface area (TPSA) is 69.8 Å². The van der Waals surface area contributed by atoms with Gasteiger partial charge in [0.2, 0.25) is 5.91 Å². The fraction of sp³-hybridized carbons (Fsp3) is 0.333. The minimum Gasteiger partial charge on any atom is -0.355 e. The second kappa shape index (κ2) is 5.88. The number of nitrogens with one attached hydrogen (secondary N) is 3. The van der Waals surface area contributed by atoms with Crippen molar-refractivity contribution in [2.75, 3.05) is 13.1 Å². The highest BCUT2D eigenvalue weighted by Crippen LogP contribution is 2.23. The normalized spacial score (nSPS) is 17.5. The van der Waals surface area contributed by atoms with Gasteiger partial charge < -0.3 is 15.6 Å². The van der Waals surface area contributed by atoms with Crippen LogP contribution in [0.15, 0.2) is 36.8 Å². The highest BCUT2D eigenvalue weighted by molar-refractivity contribution is 5.84. The van der Waals surface area contributed by atoms with E-state index in [0.717, 1.165) is 24.2 Å². The van der Waals surface area contributed by atoms with Crippen LogP contribution in [0, 0.1) is 0 Å². The SMILES string of the molecule is O=C(NCCc1cnc[nH]1)C1CNCc2ccccc21. The number of amides is 1. The van der Waals surface area contributed by atoms with Crippen LogP contribution in [0.4, 0.5) is 0 Å². The minimum absolute atomic E-state index is 0.0872. The lowest BCUT2D eigenvalue weighted by atomic mass is 9.90. The van der Waals surface area contributed by atoms with Gasteiger partial charge in [0.15, 0.2) is 0 Å². The summed E-state index contributed by atoms with van der Waals surface area (Å²) in [5.74, 6) is -0.00844. The van der Waals surface area contributed by atoms with Crippen molar-refractivity contribution in [1.82, 2.24) is 20.6 Å². The average Bonchev–Trinajstić information content (AvgIpc) is 3.00. The Kier molecular flexibility index (Phi) is 3.78. The zero-order valence-electron chi connectivity index (χ0n) is 11.2. The number of hydrogen-bond donors (Lipinski definition) is 3. The quantitative estimate of drug-likeness (QED) is 0.775. The Morgan fingerprint density at radius 3 is 3.15 bits per heavy atom. The van der Waals surface area contributed by atoms with E-state index in [1.165, 1.54) is 5.56 Å². The van der Waals surface area contributed by atoms with Crippen molar-refractivity contribution in [1.29, 1.82) is 0 Å². The predicted molar refractivity (Wildman–Crippen MR) is 76.2 cm³/mol. The van der Waals surface area contributed by atoms with Crippen molar-refractivity contribution in [3.05, 3.63) is 53.6 Å². The summed E-state index contributed by atoms with van der Waals surface area (Å²) in [6.07, 6.45) is 4.20. The standard InChI is InChI=1S/C15H18N4O/c20-15(18-6-5-12-8-17-10-19-12)14-9-16-7-11-3-1-2-4-13(11)14/h1-4,8,10,14,16H,5-7,9H2,(H,17,19)(H,18,20). The minimum atomic E-state index is -0.0956. The number of H-pyrrole nitrogens is 1. The summed E-state index contributed by atoms with van der Waals surface area (Å²) in [6.45, 7) is 2.17. The van der Waals surface area contributed by atoms with Crippen molar-refractivity contribution in [2.24, 2.45) is 0 Å². The maximum atomic E-state index is 12.3. The third-order valence-electron chi connectivity index (χ3n) is 3.66. The number of imidazole rings is 1. The molecule has 1 amide bonds. The number of fused-ring (bicyclic) bond motifs is 1. The van der Waals surface area contributed by atoms with E-state index in [2.05, 4.69) is 32.7 Å². The largest absolute Gasteiger partial charge is 0.355 e. The molecule has 2 heterocycles. The molecule has 104 valence electrons. The second-order valence-corrected chi connectivity index (χ2v) is 5.00. The van der Waals surface area contributed by atoms with E-state index < -0.39 is 0 Å². The number of nitrogens with zero attached hydrogens (tertiary/aromatic N) is 1. The van der Waals surface area contributed by atoms with Crippen molar-refractivity contribution in [2.45, 2.75) is 18.9 Å². The fourth-order valence-electron chi connectivity index (χ4n) is 2.60. The maximum Gasteiger partial charge on any atom is 0.228 e. The Morgan fingerprint density at radius 1 is 1.40 bits per heavy atom. The van der Waals surface area contributed by atoms with Crippen LogP contribution in [0.2, 0.25) is 0 Å². The molecule has 1 atom stereocenters. The Hall–Kier alpha value is -2.14. The molecule has 2 aromatic rings. The lowest BCUT2D eigenvalue weighted by molar-refractivity contribution is -0.122. The molecule has 0 spiro atoms. The molecule has 1 unspecified atom stereocenters. The van der Waals surface area contributed by atoms with Gasteiger partial charge in [-0.25, -0.2) is 4.98 Å². The summed E-state index contributed by atoms with van der Waals surface area (Å²) in [5.41, 5.74) is 3.39. The molecule has 3 N–H and O–H groups in total. The molecule has 5 heteroatoms. The van der Waals surface area contributed by atoms with Crippen LogP contribution in [0.1, 0.15) is 22.7 Å². The Balaban J connectivity index is 1.60. The monoisotopic (exact) mass is 270 g/mol. The van der Waals surface area contributed by atoms with E-state index in [9.17, 15) is 4.79 Å². The van der Waals surface area contributed by atoms with Crippen molar-refractivity contribution in [3.8, 4) is 0 Å². The predicted octanol–water partition coefficient (Wildman–Crippen LogP) is 0.955. The summed E-state index contributed by atoms with van der Waals surface area (Å²) in [7, 11) is 0. The number of benzene rings is 1. The lowest BCUT2D eigenvalue weighted by Crippen LogP contribution is -2.39. The number of carbonyl (C=O) groups is 1. The van der Waals surface area contributed by atoms with Gasteiger partial charge in [-0.2, -0.15) is 0 Å². The molecule has 0 saturated heterocycles. The van der Waals surface area contributed by atoms with Crippen molar-refractivity contribution < 1.29 is 4.79 Å². The zero-order valence-corrected chi connectivity index (χ0v) is 11.2. The lowest BCUT2D eigenvalue weighted by Gasteiger charge is -2.25. The van der Waals surface area contributed by atoms with E-state index in [4.69, 9.17) is 0 Å². The number of hydrogen-bond acceptors (Lipinski definition) is 3. The summed E-state index contributed by atoms with van der Waals surface area (Å²) in [5, 5.41) is 6.30. The van der Waals surface area contributed by atoms with Gasteiger partial charge in [0.05, 0.1) is 12.2 Å². The van der Waals surface area contributed by atoms with E-state index >= 15 is 0 Å². The zero-order chi connectivity index (χ0) is 13.8. The van der Waals surface area contributed by atoms with Crippen LogP contribution in [-0.2, 0) is 17.8 Å². The van der Waals surface area contributed by atoms with Crippen LogP contribution in [-0.4, -0.2) is 29.0 Å². The van der Waals surface area contributed by atoms with Gasteiger partial charge in [0, 0.05) is 37.9 Å². The molecular weight excluding hydrogens is 252 g/mol. The molecule has 0 bridgehead atoms. The number of carbonyl (C=O) groups excluding carboxylic acids is 1. The van der Waals surface area contributed by atoms with Gasteiger partial charge in [0.1, 0.15) is 0 Å². The molecule has 0 aliphatic carbocycles. The third-order valence-corrected chi connectivity index (χ3v) is 3.66. The maximum absolute atomic E-state index is 12.3. The Morgan fingerprint density at radius 2 is 2.30 bits per heavy atom. The molecule has 5 nitrogen and oxygen atoms in total. The molecule has 0 fully saturated rings. The van der Waals surface area contributed by atoms with Gasteiger partial charge in [-0.1, -0.05) is 24.3 Å². The van der Waals surface area contributed by atoms with Crippen LogP contribution in [0.3, 0.4) is 0 Å². The van der Waals surface area contributed by atoms with Gasteiger partial charge in [-0.3, -0.25) is 4.79 Å². The Bertz CT molecular complexity index is 579. The van der Waals surface area contributed by atoms with E-state index in [1.807, 2.05) is 12.1 Å². The van der Waals surface area contributed by atoms with Crippen molar-refractivity contribution >= 4 is 5.91 Å². The highest BCUT2D eigenvalue weighted by atomic mass is 16.1. The van der Waals surface area contributed by atoms with Crippen LogP contribution < -0.4 is 10.6 Å². The summed E-state index contributed by atoms with van der Waals surface area (Å²) >= 11 is 0. The molecule has 1 aliphatic heterocycles. The molecule has 1 aromatic heterocycles. The fourth-order valence-corrected chi connectivity index (χ4v) is 2.60. The molecule has 1 aliphatic rings. The summed E-state index contributed by atoms with van der Waals surface area (Å²) in [6, 6.07) is 8.13. The molecule has 0 saturated carbocycles. The number of rotatable bonds is 4. The smallest absolute Gasteiger partial charge is 0.228 e. The first-order valence-corrected chi connectivity index (χ1v) is 6.88. The van der Waals surface area contributed by atoms with Crippen LogP contribution in [0.25, 0.3) is 0 Å². The first kappa shape index (κ1) is 12.9. The molecule has 3 rings (SSSR count). The average molecular weight is 270 g/mol. The highest BCUT2D eigenvalue weighted by Gasteiger charge is 2.25. The third kappa shape index (κ3) is 2.72. The first-order valence-electron chi connectivity index (χ1n) is 6.88.